The third-order valence-electron chi connectivity index (χ3n) is 4.46. The third kappa shape index (κ3) is 3.05. The number of hydrogen-bond donors (Lipinski definition) is 1. The molecule has 7 heteroatoms. The first-order valence-electron chi connectivity index (χ1n) is 8.18. The van der Waals surface area contributed by atoms with E-state index < -0.39 is 0 Å². The molecule has 1 aromatic carbocycles. The lowest BCUT2D eigenvalue weighted by molar-refractivity contribution is 0.700. The molecule has 4 nitrogen and oxygen atoms in total. The maximum absolute atomic E-state index is 12.6. The molecular weight excluding hydrogens is 389 g/mol. The SMILES string of the molecule is N#C/C(=C\c1ccc(Cl)c(Cl)c1)c1nc2sc3c(c2c(=O)[nH]1)CCCC3. The molecule has 0 saturated heterocycles. The Labute approximate surface area is 163 Å². The molecule has 130 valence electrons. The van der Waals surface area contributed by atoms with Gasteiger partial charge in [0.2, 0.25) is 0 Å². The van der Waals surface area contributed by atoms with Gasteiger partial charge >= 0.3 is 0 Å². The van der Waals surface area contributed by atoms with E-state index in [0.717, 1.165) is 31.2 Å². The highest BCUT2D eigenvalue weighted by atomic mass is 35.5. The summed E-state index contributed by atoms with van der Waals surface area (Å²) >= 11 is 13.5. The Balaban J connectivity index is 1.84. The van der Waals surface area contributed by atoms with Crippen molar-refractivity contribution in [3.8, 4) is 6.07 Å². The molecule has 0 spiro atoms. The van der Waals surface area contributed by atoms with Gasteiger partial charge in [-0.15, -0.1) is 11.3 Å². The monoisotopic (exact) mass is 401 g/mol. The van der Waals surface area contributed by atoms with E-state index >= 15 is 0 Å². The number of benzene rings is 1. The Morgan fingerprint density at radius 1 is 1.27 bits per heavy atom. The molecular formula is C19H13Cl2N3OS. The number of rotatable bonds is 2. The maximum atomic E-state index is 12.6. The van der Waals surface area contributed by atoms with Crippen LogP contribution in [-0.4, -0.2) is 9.97 Å². The highest BCUT2D eigenvalue weighted by Gasteiger charge is 2.20. The van der Waals surface area contributed by atoms with Gasteiger partial charge in [0, 0.05) is 4.88 Å². The molecule has 1 aliphatic rings. The summed E-state index contributed by atoms with van der Waals surface area (Å²) in [6.07, 6.45) is 5.80. The van der Waals surface area contributed by atoms with Crippen molar-refractivity contribution < 1.29 is 0 Å². The Hall–Kier alpha value is -2.13. The number of aryl methyl sites for hydroxylation is 2. The summed E-state index contributed by atoms with van der Waals surface area (Å²) in [6.45, 7) is 0. The van der Waals surface area contributed by atoms with Gasteiger partial charge < -0.3 is 4.98 Å². The van der Waals surface area contributed by atoms with Gasteiger partial charge in [0.1, 0.15) is 10.9 Å². The smallest absolute Gasteiger partial charge is 0.260 e. The maximum Gasteiger partial charge on any atom is 0.260 e. The molecule has 0 unspecified atom stereocenters. The minimum absolute atomic E-state index is 0.181. The molecule has 4 rings (SSSR count). The van der Waals surface area contributed by atoms with Crippen LogP contribution in [0.5, 0.6) is 0 Å². The van der Waals surface area contributed by atoms with Gasteiger partial charge in [-0.1, -0.05) is 29.3 Å². The topological polar surface area (TPSA) is 69.5 Å². The number of halogens is 2. The Morgan fingerprint density at radius 2 is 2.08 bits per heavy atom. The average Bonchev–Trinajstić information content (AvgIpc) is 3.01. The second kappa shape index (κ2) is 6.88. The number of fused-ring (bicyclic) bond motifs is 3. The van der Waals surface area contributed by atoms with Gasteiger partial charge in [-0.3, -0.25) is 4.79 Å². The molecule has 1 N–H and O–H groups in total. The number of H-pyrrole nitrogens is 1. The Kier molecular flexibility index (Phi) is 4.58. The van der Waals surface area contributed by atoms with Gasteiger partial charge in [0.15, 0.2) is 5.82 Å². The average molecular weight is 402 g/mol. The Morgan fingerprint density at radius 3 is 2.85 bits per heavy atom. The first-order valence-corrected chi connectivity index (χ1v) is 9.76. The van der Waals surface area contributed by atoms with Crippen molar-refractivity contribution in [2.75, 3.05) is 0 Å². The lowest BCUT2D eigenvalue weighted by atomic mass is 9.97. The molecule has 1 aliphatic carbocycles. The van der Waals surface area contributed by atoms with Crippen LogP contribution in [0.2, 0.25) is 10.0 Å². The highest BCUT2D eigenvalue weighted by Crippen LogP contribution is 2.34. The zero-order valence-corrected chi connectivity index (χ0v) is 15.9. The summed E-state index contributed by atoms with van der Waals surface area (Å²) < 4.78 is 0. The molecule has 2 heterocycles. The first kappa shape index (κ1) is 17.3. The minimum atomic E-state index is -0.181. The van der Waals surface area contributed by atoms with Gasteiger partial charge in [-0.05, 0) is 55.0 Å². The summed E-state index contributed by atoms with van der Waals surface area (Å²) in [6, 6.07) is 7.20. The van der Waals surface area contributed by atoms with E-state index in [4.69, 9.17) is 23.2 Å². The summed E-state index contributed by atoms with van der Waals surface area (Å²) in [5.41, 5.74) is 1.93. The molecule has 0 saturated carbocycles. The molecule has 0 radical (unpaired) electrons. The van der Waals surface area contributed by atoms with Crippen molar-refractivity contribution >= 4 is 56.4 Å². The molecule has 0 aliphatic heterocycles. The molecule has 0 amide bonds. The van der Waals surface area contributed by atoms with E-state index in [-0.39, 0.29) is 17.0 Å². The van der Waals surface area contributed by atoms with Crippen molar-refractivity contribution in [2.24, 2.45) is 0 Å². The van der Waals surface area contributed by atoms with E-state index in [1.807, 2.05) is 0 Å². The molecule has 0 atom stereocenters. The largest absolute Gasteiger partial charge is 0.305 e. The number of nitriles is 1. The van der Waals surface area contributed by atoms with E-state index in [9.17, 15) is 10.1 Å². The van der Waals surface area contributed by atoms with Crippen LogP contribution in [0.1, 0.15) is 34.7 Å². The fourth-order valence-electron chi connectivity index (χ4n) is 3.21. The molecule has 26 heavy (non-hydrogen) atoms. The van der Waals surface area contributed by atoms with Crippen LogP contribution in [-0.2, 0) is 12.8 Å². The van der Waals surface area contributed by atoms with Gasteiger partial charge in [0.25, 0.3) is 5.56 Å². The van der Waals surface area contributed by atoms with Crippen molar-refractivity contribution in [3.05, 3.63) is 60.4 Å². The summed E-state index contributed by atoms with van der Waals surface area (Å²) in [5, 5.41) is 11.1. The Bertz CT molecular complexity index is 1150. The number of aromatic nitrogens is 2. The zero-order valence-electron chi connectivity index (χ0n) is 13.6. The number of hydrogen-bond acceptors (Lipinski definition) is 4. The number of nitrogens with zero attached hydrogens (tertiary/aromatic N) is 2. The zero-order chi connectivity index (χ0) is 18.3. The highest BCUT2D eigenvalue weighted by molar-refractivity contribution is 7.18. The van der Waals surface area contributed by atoms with Crippen LogP contribution in [0.15, 0.2) is 23.0 Å². The van der Waals surface area contributed by atoms with E-state index in [2.05, 4.69) is 16.0 Å². The second-order valence-electron chi connectivity index (χ2n) is 6.15. The van der Waals surface area contributed by atoms with E-state index in [1.54, 1.807) is 35.6 Å². The van der Waals surface area contributed by atoms with Crippen molar-refractivity contribution in [2.45, 2.75) is 25.7 Å². The van der Waals surface area contributed by atoms with Crippen molar-refractivity contribution in [1.82, 2.24) is 9.97 Å². The number of allylic oxidation sites excluding steroid dienone is 1. The van der Waals surface area contributed by atoms with Crippen LogP contribution in [0.25, 0.3) is 21.9 Å². The first-order chi connectivity index (χ1) is 12.6. The lowest BCUT2D eigenvalue weighted by Crippen LogP contribution is -2.12. The molecule has 0 fully saturated rings. The lowest BCUT2D eigenvalue weighted by Gasteiger charge is -2.09. The number of nitrogens with one attached hydrogen (secondary N) is 1. The molecule has 0 bridgehead atoms. The van der Waals surface area contributed by atoms with Gasteiger partial charge in [0.05, 0.1) is 21.0 Å². The predicted octanol–water partition coefficient (Wildman–Crippen LogP) is 5.23. The van der Waals surface area contributed by atoms with Crippen LogP contribution in [0, 0.1) is 11.3 Å². The number of thiophene rings is 1. The van der Waals surface area contributed by atoms with Crippen LogP contribution < -0.4 is 5.56 Å². The fourth-order valence-corrected chi connectivity index (χ4v) is 4.78. The summed E-state index contributed by atoms with van der Waals surface area (Å²) in [5.74, 6) is 0.273. The quantitative estimate of drug-likeness (QED) is 0.597. The fraction of sp³-hybridized carbons (Fsp3) is 0.211. The number of aromatic amines is 1. The summed E-state index contributed by atoms with van der Waals surface area (Å²) in [7, 11) is 0. The van der Waals surface area contributed by atoms with Gasteiger partial charge in [-0.2, -0.15) is 5.26 Å². The van der Waals surface area contributed by atoms with Gasteiger partial charge in [-0.25, -0.2) is 4.98 Å². The summed E-state index contributed by atoms with van der Waals surface area (Å²) in [4.78, 5) is 21.9. The standard InChI is InChI=1S/C19H13Cl2N3OS/c20-13-6-5-10(8-14(13)21)7-11(9-22)17-23-18(25)16-12-3-1-2-4-15(12)26-19(16)24-17/h5-8H,1-4H2,(H,23,24,25)/b11-7+. The van der Waals surface area contributed by atoms with Crippen LogP contribution >= 0.6 is 34.5 Å². The predicted molar refractivity (Wildman–Crippen MR) is 107 cm³/mol. The third-order valence-corrected chi connectivity index (χ3v) is 6.38. The molecule has 3 aromatic rings. The van der Waals surface area contributed by atoms with E-state index in [1.165, 1.54) is 4.88 Å². The van der Waals surface area contributed by atoms with Crippen LogP contribution in [0.3, 0.4) is 0 Å². The van der Waals surface area contributed by atoms with Crippen molar-refractivity contribution in [1.29, 1.82) is 5.26 Å². The molecule has 2 aromatic heterocycles. The normalized spacial score (nSPS) is 14.3. The van der Waals surface area contributed by atoms with Crippen LogP contribution in [0.4, 0.5) is 0 Å². The van der Waals surface area contributed by atoms with E-state index in [0.29, 0.717) is 25.8 Å². The van der Waals surface area contributed by atoms with Crippen molar-refractivity contribution in [3.63, 3.8) is 0 Å². The minimum Gasteiger partial charge on any atom is -0.305 e. The second-order valence-corrected chi connectivity index (χ2v) is 8.05.